The maximum absolute atomic E-state index is 12.0. The maximum Gasteiger partial charge on any atom is 0.220 e. The molecule has 2 aliphatic rings. The summed E-state index contributed by atoms with van der Waals surface area (Å²) in [6, 6.07) is 2.62. The predicted molar refractivity (Wildman–Crippen MR) is 89.1 cm³/mol. The molecular weight excluding hydrogens is 296 g/mol. The molecule has 3 rings (SSSR count). The minimum atomic E-state index is 0.163. The van der Waals surface area contributed by atoms with Crippen LogP contribution in [-0.4, -0.2) is 42.6 Å². The van der Waals surface area contributed by atoms with E-state index < -0.39 is 0 Å². The van der Waals surface area contributed by atoms with E-state index in [0.717, 1.165) is 51.9 Å². The molecule has 0 bridgehead atoms. The minimum Gasteiger partial charge on any atom is -0.378 e. The fourth-order valence-electron chi connectivity index (χ4n) is 3.29. The summed E-state index contributed by atoms with van der Waals surface area (Å²) >= 11 is 1.87. The number of hydrogen-bond acceptors (Lipinski definition) is 4. The van der Waals surface area contributed by atoms with Crippen molar-refractivity contribution in [3.05, 3.63) is 21.9 Å². The van der Waals surface area contributed by atoms with E-state index >= 15 is 0 Å². The maximum atomic E-state index is 12.0. The predicted octanol–water partition coefficient (Wildman–Crippen LogP) is 2.57. The Morgan fingerprint density at radius 3 is 3.32 bits per heavy atom. The lowest BCUT2D eigenvalue weighted by Gasteiger charge is -2.32. The van der Waals surface area contributed by atoms with Crippen molar-refractivity contribution >= 4 is 17.2 Å². The number of carbonyl (C=O) groups excluding carboxylic acids is 1. The Kier molecular flexibility index (Phi) is 5.50. The lowest BCUT2D eigenvalue weighted by atomic mass is 10.1. The lowest BCUT2D eigenvalue weighted by Crippen LogP contribution is -2.44. The highest BCUT2D eigenvalue weighted by Gasteiger charge is 2.22. The first-order valence-electron chi connectivity index (χ1n) is 8.40. The van der Waals surface area contributed by atoms with Crippen LogP contribution in [0.2, 0.25) is 0 Å². The van der Waals surface area contributed by atoms with Crippen molar-refractivity contribution in [3.8, 4) is 0 Å². The van der Waals surface area contributed by atoms with E-state index in [-0.39, 0.29) is 5.91 Å². The number of fused-ring (bicyclic) bond motifs is 1. The lowest BCUT2D eigenvalue weighted by molar-refractivity contribution is -0.121. The normalized spacial score (nSPS) is 23.2. The van der Waals surface area contributed by atoms with Gasteiger partial charge in [-0.1, -0.05) is 0 Å². The molecule has 2 aliphatic heterocycles. The van der Waals surface area contributed by atoms with Gasteiger partial charge in [0.25, 0.3) is 0 Å². The third-order valence-electron chi connectivity index (χ3n) is 4.77. The summed E-state index contributed by atoms with van der Waals surface area (Å²) in [5.74, 6) is 0.163. The number of nitrogens with zero attached hydrogens (tertiary/aromatic N) is 1. The van der Waals surface area contributed by atoms with Crippen molar-refractivity contribution in [1.82, 2.24) is 10.2 Å². The number of thiophene rings is 1. The molecule has 0 spiro atoms. The fraction of sp³-hybridized carbons (Fsp3) is 0.706. The largest absolute Gasteiger partial charge is 0.378 e. The molecule has 22 heavy (non-hydrogen) atoms. The zero-order valence-corrected chi connectivity index (χ0v) is 14.2. The van der Waals surface area contributed by atoms with Crippen molar-refractivity contribution in [2.45, 2.75) is 57.7 Å². The summed E-state index contributed by atoms with van der Waals surface area (Å²) < 4.78 is 5.56. The van der Waals surface area contributed by atoms with E-state index in [9.17, 15) is 4.79 Å². The average molecular weight is 322 g/mol. The second kappa shape index (κ2) is 7.57. The van der Waals surface area contributed by atoms with Gasteiger partial charge in [-0.3, -0.25) is 9.69 Å². The summed E-state index contributed by atoms with van der Waals surface area (Å²) in [6.45, 7) is 5.93. The van der Waals surface area contributed by atoms with Crippen LogP contribution in [0.5, 0.6) is 0 Å². The van der Waals surface area contributed by atoms with Crippen LogP contribution in [0.25, 0.3) is 0 Å². The number of hydrogen-bond donors (Lipinski definition) is 1. The van der Waals surface area contributed by atoms with Gasteiger partial charge in [0.05, 0.1) is 6.10 Å². The summed E-state index contributed by atoms with van der Waals surface area (Å²) in [6.07, 6.45) is 5.16. The first-order valence-corrected chi connectivity index (χ1v) is 9.28. The zero-order chi connectivity index (χ0) is 15.4. The standard InChI is InChI=1S/C17H26N2O2S/c1-13(19-8-6-16-14(12-19)7-10-22-16)11-18-17(20)5-4-15-3-2-9-21-15/h7,10,13,15H,2-6,8-9,11-12H2,1H3,(H,18,20)/t13-,15+/m1/s1. The summed E-state index contributed by atoms with van der Waals surface area (Å²) in [4.78, 5) is 16.0. The van der Waals surface area contributed by atoms with E-state index in [1.165, 1.54) is 10.4 Å². The second-order valence-corrected chi connectivity index (χ2v) is 7.42. The van der Waals surface area contributed by atoms with Crippen molar-refractivity contribution in [2.75, 3.05) is 19.7 Å². The van der Waals surface area contributed by atoms with Gasteiger partial charge in [0.15, 0.2) is 0 Å². The average Bonchev–Trinajstić information content (AvgIpc) is 3.20. The summed E-state index contributed by atoms with van der Waals surface area (Å²) in [5.41, 5.74) is 1.47. The van der Waals surface area contributed by atoms with Crippen LogP contribution < -0.4 is 5.32 Å². The van der Waals surface area contributed by atoms with Gasteiger partial charge in [0.2, 0.25) is 5.91 Å². The molecule has 0 radical (unpaired) electrons. The number of carbonyl (C=O) groups is 1. The molecule has 4 nitrogen and oxygen atoms in total. The highest BCUT2D eigenvalue weighted by atomic mass is 32.1. The highest BCUT2D eigenvalue weighted by molar-refractivity contribution is 7.10. The molecule has 0 saturated carbocycles. The molecule has 0 aromatic carbocycles. The zero-order valence-electron chi connectivity index (χ0n) is 13.3. The van der Waals surface area contributed by atoms with Crippen LogP contribution >= 0.6 is 11.3 Å². The minimum absolute atomic E-state index is 0.163. The van der Waals surface area contributed by atoms with Gasteiger partial charge in [0, 0.05) is 43.6 Å². The van der Waals surface area contributed by atoms with Crippen LogP contribution in [0.1, 0.15) is 43.0 Å². The van der Waals surface area contributed by atoms with E-state index in [1.54, 1.807) is 0 Å². The summed E-state index contributed by atoms with van der Waals surface area (Å²) in [7, 11) is 0. The van der Waals surface area contributed by atoms with Gasteiger partial charge in [-0.15, -0.1) is 11.3 Å². The van der Waals surface area contributed by atoms with Gasteiger partial charge >= 0.3 is 0 Å². The van der Waals surface area contributed by atoms with E-state index in [4.69, 9.17) is 4.74 Å². The number of rotatable bonds is 6. The van der Waals surface area contributed by atoms with Gasteiger partial charge in [0.1, 0.15) is 0 Å². The highest BCUT2D eigenvalue weighted by Crippen LogP contribution is 2.25. The molecule has 1 saturated heterocycles. The third kappa shape index (κ3) is 4.09. The van der Waals surface area contributed by atoms with Crippen molar-refractivity contribution in [2.24, 2.45) is 0 Å². The van der Waals surface area contributed by atoms with Gasteiger partial charge in [-0.05, 0) is 49.6 Å². The smallest absolute Gasteiger partial charge is 0.220 e. The van der Waals surface area contributed by atoms with Crippen LogP contribution in [-0.2, 0) is 22.5 Å². The van der Waals surface area contributed by atoms with Gasteiger partial charge < -0.3 is 10.1 Å². The fourth-order valence-corrected chi connectivity index (χ4v) is 4.18. The van der Waals surface area contributed by atoms with Crippen LogP contribution in [0.3, 0.4) is 0 Å². The Morgan fingerprint density at radius 2 is 2.50 bits per heavy atom. The second-order valence-electron chi connectivity index (χ2n) is 6.42. The van der Waals surface area contributed by atoms with E-state index in [1.807, 2.05) is 11.3 Å². The number of amides is 1. The molecule has 1 aromatic rings. The van der Waals surface area contributed by atoms with Crippen LogP contribution in [0.15, 0.2) is 11.4 Å². The molecule has 122 valence electrons. The van der Waals surface area contributed by atoms with E-state index in [0.29, 0.717) is 18.6 Å². The monoisotopic (exact) mass is 322 g/mol. The van der Waals surface area contributed by atoms with Crippen molar-refractivity contribution in [3.63, 3.8) is 0 Å². The Morgan fingerprint density at radius 1 is 1.59 bits per heavy atom. The van der Waals surface area contributed by atoms with Crippen LogP contribution in [0.4, 0.5) is 0 Å². The number of nitrogens with one attached hydrogen (secondary N) is 1. The Hall–Kier alpha value is -0.910. The molecule has 1 amide bonds. The molecule has 1 fully saturated rings. The van der Waals surface area contributed by atoms with Crippen molar-refractivity contribution in [1.29, 1.82) is 0 Å². The molecule has 1 N–H and O–H groups in total. The molecule has 2 atom stereocenters. The molecule has 5 heteroatoms. The Bertz CT molecular complexity index is 497. The molecular formula is C17H26N2O2S. The SMILES string of the molecule is C[C@H](CNC(=O)CC[C@@H]1CCCO1)N1CCc2sccc2C1. The molecule has 0 unspecified atom stereocenters. The Balaban J connectivity index is 1.37. The first-order chi connectivity index (χ1) is 10.7. The summed E-state index contributed by atoms with van der Waals surface area (Å²) in [5, 5.41) is 5.27. The number of ether oxygens (including phenoxy) is 1. The molecule has 0 aliphatic carbocycles. The Labute approximate surface area is 136 Å². The molecule has 3 heterocycles. The third-order valence-corrected chi connectivity index (χ3v) is 5.80. The van der Waals surface area contributed by atoms with Crippen molar-refractivity contribution < 1.29 is 9.53 Å². The quantitative estimate of drug-likeness (QED) is 0.875. The van der Waals surface area contributed by atoms with Gasteiger partial charge in [-0.25, -0.2) is 0 Å². The van der Waals surface area contributed by atoms with E-state index in [2.05, 4.69) is 28.6 Å². The molecule has 1 aromatic heterocycles. The van der Waals surface area contributed by atoms with Gasteiger partial charge in [-0.2, -0.15) is 0 Å². The first kappa shape index (κ1) is 16.0. The topological polar surface area (TPSA) is 41.6 Å². The van der Waals surface area contributed by atoms with Crippen LogP contribution in [0, 0.1) is 0 Å².